The zero-order valence-electron chi connectivity index (χ0n) is 14.5. The lowest BCUT2D eigenvalue weighted by Gasteiger charge is -2.04. The zero-order valence-corrected chi connectivity index (χ0v) is 15.3. The van der Waals surface area contributed by atoms with Crippen molar-refractivity contribution in [2.75, 3.05) is 19.0 Å². The summed E-state index contributed by atoms with van der Waals surface area (Å²) in [6.07, 6.45) is 0.920. The van der Waals surface area contributed by atoms with Crippen LogP contribution in [0, 0.1) is 0 Å². The highest BCUT2D eigenvalue weighted by molar-refractivity contribution is 7.14. The van der Waals surface area contributed by atoms with Crippen LogP contribution in [-0.2, 0) is 9.53 Å². The van der Waals surface area contributed by atoms with Gasteiger partial charge in [0, 0.05) is 17.1 Å². The second-order valence-corrected chi connectivity index (χ2v) is 6.23. The number of aromatic amines is 2. The number of ether oxygens (including phenoxy) is 2. The van der Waals surface area contributed by atoms with Gasteiger partial charge in [-0.05, 0) is 24.3 Å². The SMILES string of the molecule is COc1ccc(-c2csc(NC(=O)COC(=O)c3c[nH]c(=O)[nH]c3=O)n2)cc1. The van der Waals surface area contributed by atoms with E-state index in [1.165, 1.54) is 11.3 Å². The Morgan fingerprint density at radius 3 is 2.64 bits per heavy atom. The maximum Gasteiger partial charge on any atom is 0.345 e. The first kappa shape index (κ1) is 19.0. The largest absolute Gasteiger partial charge is 0.497 e. The van der Waals surface area contributed by atoms with Crippen LogP contribution in [-0.4, -0.2) is 40.5 Å². The van der Waals surface area contributed by atoms with Gasteiger partial charge in [0.05, 0.1) is 12.8 Å². The first-order chi connectivity index (χ1) is 13.5. The van der Waals surface area contributed by atoms with Crippen LogP contribution in [0.4, 0.5) is 5.13 Å². The highest BCUT2D eigenvalue weighted by Crippen LogP contribution is 2.26. The number of rotatable bonds is 6. The average molecular weight is 402 g/mol. The van der Waals surface area contributed by atoms with Crippen molar-refractivity contribution >= 4 is 28.3 Å². The van der Waals surface area contributed by atoms with E-state index in [2.05, 4.69) is 15.3 Å². The molecule has 0 spiro atoms. The van der Waals surface area contributed by atoms with Gasteiger partial charge in [0.25, 0.3) is 11.5 Å². The third kappa shape index (κ3) is 4.51. The first-order valence-electron chi connectivity index (χ1n) is 7.85. The molecule has 11 heteroatoms. The topological polar surface area (TPSA) is 143 Å². The Morgan fingerprint density at radius 1 is 1.21 bits per heavy atom. The van der Waals surface area contributed by atoms with Crippen LogP contribution in [0.3, 0.4) is 0 Å². The van der Waals surface area contributed by atoms with Crippen LogP contribution >= 0.6 is 11.3 Å². The van der Waals surface area contributed by atoms with E-state index in [4.69, 9.17) is 9.47 Å². The number of benzene rings is 1. The summed E-state index contributed by atoms with van der Waals surface area (Å²) in [6, 6.07) is 7.27. The maximum absolute atomic E-state index is 11.9. The lowest BCUT2D eigenvalue weighted by Crippen LogP contribution is -2.29. The summed E-state index contributed by atoms with van der Waals surface area (Å²) >= 11 is 1.21. The third-order valence-electron chi connectivity index (χ3n) is 3.51. The molecule has 144 valence electrons. The Balaban J connectivity index is 1.57. The molecular formula is C17H14N4O6S. The fourth-order valence-electron chi connectivity index (χ4n) is 2.15. The minimum Gasteiger partial charge on any atom is -0.497 e. The van der Waals surface area contributed by atoms with Gasteiger partial charge < -0.3 is 14.5 Å². The molecule has 1 amide bonds. The molecule has 0 aliphatic rings. The Hall–Kier alpha value is -3.73. The van der Waals surface area contributed by atoms with Gasteiger partial charge >= 0.3 is 11.7 Å². The summed E-state index contributed by atoms with van der Waals surface area (Å²) in [7, 11) is 1.57. The molecule has 0 aliphatic carbocycles. The fourth-order valence-corrected chi connectivity index (χ4v) is 2.89. The molecule has 0 radical (unpaired) electrons. The first-order valence-corrected chi connectivity index (χ1v) is 8.73. The highest BCUT2D eigenvalue weighted by Gasteiger charge is 2.15. The Labute approximate surface area is 161 Å². The minimum absolute atomic E-state index is 0.328. The molecule has 3 rings (SSSR count). The number of hydrogen-bond acceptors (Lipinski definition) is 8. The summed E-state index contributed by atoms with van der Waals surface area (Å²) in [6.45, 7) is -0.616. The highest BCUT2D eigenvalue weighted by atomic mass is 32.1. The van der Waals surface area contributed by atoms with E-state index in [1.807, 2.05) is 17.1 Å². The molecule has 0 saturated heterocycles. The average Bonchev–Trinajstić information content (AvgIpc) is 3.14. The van der Waals surface area contributed by atoms with Crippen LogP contribution in [0.25, 0.3) is 11.3 Å². The number of anilines is 1. The van der Waals surface area contributed by atoms with Crippen molar-refractivity contribution in [3.63, 3.8) is 0 Å². The summed E-state index contributed by atoms with van der Waals surface area (Å²) in [4.78, 5) is 54.5. The van der Waals surface area contributed by atoms with E-state index >= 15 is 0 Å². The van der Waals surface area contributed by atoms with Gasteiger partial charge in [-0.2, -0.15) is 0 Å². The predicted molar refractivity (Wildman–Crippen MR) is 101 cm³/mol. The van der Waals surface area contributed by atoms with Crippen LogP contribution in [0.1, 0.15) is 10.4 Å². The number of esters is 1. The number of methoxy groups -OCH3 is 1. The van der Waals surface area contributed by atoms with Gasteiger partial charge in [-0.1, -0.05) is 0 Å². The molecule has 0 saturated carbocycles. The van der Waals surface area contributed by atoms with Gasteiger partial charge in [-0.3, -0.25) is 19.9 Å². The van der Waals surface area contributed by atoms with E-state index in [0.29, 0.717) is 10.8 Å². The van der Waals surface area contributed by atoms with Gasteiger partial charge in [-0.15, -0.1) is 11.3 Å². The number of hydrogen-bond donors (Lipinski definition) is 3. The molecule has 3 N–H and O–H groups in total. The second-order valence-electron chi connectivity index (χ2n) is 5.38. The van der Waals surface area contributed by atoms with Crippen LogP contribution < -0.4 is 21.3 Å². The summed E-state index contributed by atoms with van der Waals surface area (Å²) in [5.74, 6) is -0.939. The molecule has 2 aromatic heterocycles. The smallest absolute Gasteiger partial charge is 0.345 e. The summed E-state index contributed by atoms with van der Waals surface area (Å²) in [5, 5.41) is 4.60. The van der Waals surface area contributed by atoms with E-state index in [0.717, 1.165) is 17.5 Å². The molecule has 0 unspecified atom stereocenters. The molecule has 10 nitrogen and oxygen atoms in total. The number of thiazole rings is 1. The molecule has 0 fully saturated rings. The van der Waals surface area contributed by atoms with Crippen molar-refractivity contribution in [3.05, 3.63) is 62.2 Å². The van der Waals surface area contributed by atoms with Crippen LogP contribution in [0.5, 0.6) is 5.75 Å². The molecule has 1 aromatic carbocycles. The van der Waals surface area contributed by atoms with Crippen molar-refractivity contribution in [2.45, 2.75) is 0 Å². The fraction of sp³-hybridized carbons (Fsp3) is 0.118. The number of carbonyl (C=O) groups excluding carboxylic acids is 2. The molecule has 0 aliphatic heterocycles. The van der Waals surface area contributed by atoms with E-state index in [-0.39, 0.29) is 0 Å². The van der Waals surface area contributed by atoms with Crippen molar-refractivity contribution in [3.8, 4) is 17.0 Å². The monoisotopic (exact) mass is 402 g/mol. The van der Waals surface area contributed by atoms with Crippen LogP contribution in [0.2, 0.25) is 0 Å². The van der Waals surface area contributed by atoms with E-state index in [1.54, 1.807) is 24.6 Å². The number of nitrogens with one attached hydrogen (secondary N) is 3. The van der Waals surface area contributed by atoms with Gasteiger partial charge in [0.15, 0.2) is 11.7 Å². The van der Waals surface area contributed by atoms with E-state index in [9.17, 15) is 19.2 Å². The van der Waals surface area contributed by atoms with Crippen molar-refractivity contribution < 1.29 is 19.1 Å². The molecular weight excluding hydrogens is 388 g/mol. The standard InChI is InChI=1S/C17H14N4O6S/c1-26-10-4-2-9(3-5-10)12-8-28-17(19-12)20-13(22)7-27-15(24)11-6-18-16(25)21-14(11)23/h2-6,8H,7H2,1H3,(H,19,20,22)(H2,18,21,23,25). The Kier molecular flexibility index (Phi) is 5.65. The number of nitrogens with zero attached hydrogens (tertiary/aromatic N) is 1. The lowest BCUT2D eigenvalue weighted by molar-refractivity contribution is -0.119. The number of aromatic nitrogens is 3. The number of carbonyl (C=O) groups is 2. The van der Waals surface area contributed by atoms with Gasteiger partial charge in [-0.25, -0.2) is 14.6 Å². The van der Waals surface area contributed by atoms with Crippen molar-refractivity contribution in [1.82, 2.24) is 15.0 Å². The van der Waals surface area contributed by atoms with Crippen molar-refractivity contribution in [1.29, 1.82) is 0 Å². The maximum atomic E-state index is 11.9. The Bertz CT molecular complexity index is 1120. The van der Waals surface area contributed by atoms with E-state index < -0.39 is 35.3 Å². The van der Waals surface area contributed by atoms with Gasteiger partial charge in [0.1, 0.15) is 11.3 Å². The normalized spacial score (nSPS) is 10.3. The van der Waals surface area contributed by atoms with Crippen LogP contribution in [0.15, 0.2) is 45.4 Å². The molecule has 2 heterocycles. The zero-order chi connectivity index (χ0) is 20.1. The predicted octanol–water partition coefficient (Wildman–Crippen LogP) is 0.991. The number of amides is 1. The Morgan fingerprint density at radius 2 is 1.96 bits per heavy atom. The quantitative estimate of drug-likeness (QED) is 0.522. The third-order valence-corrected chi connectivity index (χ3v) is 4.27. The lowest BCUT2D eigenvalue weighted by atomic mass is 10.2. The summed E-state index contributed by atoms with van der Waals surface area (Å²) < 4.78 is 9.87. The minimum atomic E-state index is -1.04. The number of H-pyrrole nitrogens is 2. The second kappa shape index (κ2) is 8.31. The van der Waals surface area contributed by atoms with Crippen molar-refractivity contribution in [2.24, 2.45) is 0 Å². The summed E-state index contributed by atoms with van der Waals surface area (Å²) in [5.41, 5.74) is -0.557. The molecule has 3 aromatic rings. The molecule has 0 atom stereocenters. The molecule has 0 bridgehead atoms. The molecule has 28 heavy (non-hydrogen) atoms. The van der Waals surface area contributed by atoms with Gasteiger partial charge in [0.2, 0.25) is 0 Å².